The van der Waals surface area contributed by atoms with Crippen molar-refractivity contribution in [3.05, 3.63) is 259 Å². The summed E-state index contributed by atoms with van der Waals surface area (Å²) in [4.78, 5) is 2.47. The molecule has 294 valence electrons. The van der Waals surface area contributed by atoms with E-state index in [0.29, 0.717) is 0 Å². The predicted octanol–water partition coefficient (Wildman–Crippen LogP) is 16.4. The Hall–Kier alpha value is -8.20. The van der Waals surface area contributed by atoms with Gasteiger partial charge in [-0.15, -0.1) is 0 Å². The number of hydrogen-bond acceptors (Lipinski definition) is 2. The molecule has 1 aromatic heterocycles. The summed E-state index contributed by atoms with van der Waals surface area (Å²) < 4.78 is 6.41. The van der Waals surface area contributed by atoms with Crippen molar-refractivity contribution in [2.24, 2.45) is 0 Å². The summed E-state index contributed by atoms with van der Waals surface area (Å²) in [5.74, 6) is 0. The maximum atomic E-state index is 6.41. The highest BCUT2D eigenvalue weighted by atomic mass is 16.3. The molecule has 0 bridgehead atoms. The van der Waals surface area contributed by atoms with Gasteiger partial charge in [-0.2, -0.15) is 0 Å². The first-order valence-electron chi connectivity index (χ1n) is 21.8. The Morgan fingerprint density at radius 2 is 0.730 bits per heavy atom. The maximum Gasteiger partial charge on any atom is 0.135 e. The van der Waals surface area contributed by atoms with Gasteiger partial charge in [0.1, 0.15) is 11.2 Å². The lowest BCUT2D eigenvalue weighted by Crippen LogP contribution is -2.26. The lowest BCUT2D eigenvalue weighted by molar-refractivity contribution is 0.669. The number of para-hydroxylation sites is 2. The second-order valence-corrected chi connectivity index (χ2v) is 16.7. The largest absolute Gasteiger partial charge is 0.456 e. The summed E-state index contributed by atoms with van der Waals surface area (Å²) in [6, 6.07) is 86.6. The first-order chi connectivity index (χ1) is 31.3. The Bertz CT molecular complexity index is 3530. The maximum absolute atomic E-state index is 6.41. The third kappa shape index (κ3) is 5.19. The highest BCUT2D eigenvalue weighted by Crippen LogP contribution is 2.63. The van der Waals surface area contributed by atoms with E-state index in [-0.39, 0.29) is 0 Å². The molecule has 0 radical (unpaired) electrons. The number of hydrogen-bond donors (Lipinski definition) is 0. The van der Waals surface area contributed by atoms with Crippen LogP contribution in [-0.4, -0.2) is 0 Å². The number of furan rings is 1. The fourth-order valence-electron chi connectivity index (χ4n) is 10.9. The monoisotopic (exact) mass is 801 g/mol. The van der Waals surface area contributed by atoms with E-state index < -0.39 is 5.41 Å². The van der Waals surface area contributed by atoms with Crippen molar-refractivity contribution in [2.75, 3.05) is 4.90 Å². The zero-order valence-corrected chi connectivity index (χ0v) is 34.4. The zero-order chi connectivity index (χ0) is 41.5. The Morgan fingerprint density at radius 1 is 0.286 bits per heavy atom. The lowest BCUT2D eigenvalue weighted by atomic mass is 9.70. The van der Waals surface area contributed by atoms with Crippen LogP contribution in [-0.2, 0) is 5.41 Å². The molecule has 0 aliphatic heterocycles. The molecule has 2 aliphatic rings. The number of fused-ring (bicyclic) bond motifs is 13. The van der Waals surface area contributed by atoms with Gasteiger partial charge in [-0.05, 0) is 115 Å². The van der Waals surface area contributed by atoms with Crippen LogP contribution in [0.25, 0.3) is 77.6 Å². The highest BCUT2D eigenvalue weighted by Gasteiger charge is 2.51. The average molecular weight is 802 g/mol. The lowest BCUT2D eigenvalue weighted by Gasteiger charge is -2.33. The molecule has 0 saturated heterocycles. The first kappa shape index (κ1) is 35.5. The van der Waals surface area contributed by atoms with Gasteiger partial charge >= 0.3 is 0 Å². The topological polar surface area (TPSA) is 16.4 Å². The van der Waals surface area contributed by atoms with Crippen molar-refractivity contribution < 1.29 is 4.42 Å². The minimum absolute atomic E-state index is 0.473. The number of benzene rings is 10. The summed E-state index contributed by atoms with van der Waals surface area (Å²) in [5, 5.41) is 2.19. The van der Waals surface area contributed by atoms with E-state index in [9.17, 15) is 0 Å². The molecule has 0 saturated carbocycles. The van der Waals surface area contributed by atoms with Gasteiger partial charge in [0.05, 0.1) is 11.1 Å². The van der Waals surface area contributed by atoms with Crippen LogP contribution in [0.1, 0.15) is 22.3 Å². The minimum atomic E-state index is -0.473. The standard InChI is InChI=1S/C61H39NO/c1-2-18-40(19-3-1)43-20-4-5-21-44(43)45-22-6-7-23-46(45)51-27-11-16-32-58(51)62(41-35-37-60-53(38-41)52-28-12-17-33-59(52)63-60)42-34-36-50-49-26-10-15-31-56(49)61(57(50)39-42)54-29-13-8-24-47(54)48-25-9-14-30-55(48)61/h1-39H. The minimum Gasteiger partial charge on any atom is -0.456 e. The van der Waals surface area contributed by atoms with Gasteiger partial charge in [-0.3, -0.25) is 0 Å². The Balaban J connectivity index is 1.08. The van der Waals surface area contributed by atoms with Gasteiger partial charge in [0.15, 0.2) is 0 Å². The molecule has 0 amide bonds. The molecule has 2 aliphatic carbocycles. The Labute approximate surface area is 366 Å². The molecule has 13 rings (SSSR count). The summed E-state index contributed by atoms with van der Waals surface area (Å²) >= 11 is 0. The highest BCUT2D eigenvalue weighted by molar-refractivity contribution is 6.07. The molecular formula is C61H39NO. The second kappa shape index (κ2) is 13.9. The molecule has 1 heterocycles. The van der Waals surface area contributed by atoms with Crippen LogP contribution in [0, 0.1) is 0 Å². The molecule has 0 fully saturated rings. The van der Waals surface area contributed by atoms with Crippen molar-refractivity contribution in [3.8, 4) is 55.6 Å². The smallest absolute Gasteiger partial charge is 0.135 e. The normalized spacial score (nSPS) is 12.9. The van der Waals surface area contributed by atoms with Gasteiger partial charge in [0, 0.05) is 27.7 Å². The molecule has 2 nitrogen and oxygen atoms in total. The van der Waals surface area contributed by atoms with Crippen molar-refractivity contribution in [3.63, 3.8) is 0 Å². The van der Waals surface area contributed by atoms with Crippen molar-refractivity contribution >= 4 is 39.0 Å². The SMILES string of the molecule is c1ccc(-c2ccccc2-c2ccccc2-c2ccccc2N(c2ccc3c(c2)C2(c4ccccc4-c4ccccc42)c2ccccc2-3)c2ccc3oc4ccccc4c3c2)cc1. The van der Waals surface area contributed by atoms with Gasteiger partial charge in [-0.25, -0.2) is 0 Å². The van der Waals surface area contributed by atoms with E-state index in [2.05, 4.69) is 235 Å². The molecule has 0 atom stereocenters. The van der Waals surface area contributed by atoms with E-state index >= 15 is 0 Å². The van der Waals surface area contributed by atoms with Crippen molar-refractivity contribution in [2.45, 2.75) is 5.41 Å². The molecule has 0 N–H and O–H groups in total. The van der Waals surface area contributed by atoms with Crippen LogP contribution >= 0.6 is 0 Å². The second-order valence-electron chi connectivity index (χ2n) is 16.7. The van der Waals surface area contributed by atoms with Crippen molar-refractivity contribution in [1.82, 2.24) is 0 Å². The third-order valence-electron chi connectivity index (χ3n) is 13.5. The van der Waals surface area contributed by atoms with E-state index in [4.69, 9.17) is 4.42 Å². The summed E-state index contributed by atoms with van der Waals surface area (Å²) in [7, 11) is 0. The van der Waals surface area contributed by atoms with Gasteiger partial charge in [0.2, 0.25) is 0 Å². The molecule has 63 heavy (non-hydrogen) atoms. The fraction of sp³-hybridized carbons (Fsp3) is 0.0164. The van der Waals surface area contributed by atoms with Gasteiger partial charge in [0.25, 0.3) is 0 Å². The summed E-state index contributed by atoms with van der Waals surface area (Å²) in [6.45, 7) is 0. The van der Waals surface area contributed by atoms with Crippen LogP contribution < -0.4 is 4.90 Å². The number of anilines is 3. The van der Waals surface area contributed by atoms with Crippen LogP contribution in [0.2, 0.25) is 0 Å². The number of nitrogens with zero attached hydrogens (tertiary/aromatic N) is 1. The molecule has 0 unspecified atom stereocenters. The molecule has 2 heteroatoms. The molecule has 10 aromatic carbocycles. The average Bonchev–Trinajstić information content (AvgIpc) is 3.98. The molecule has 11 aromatic rings. The molecule has 1 spiro atoms. The van der Waals surface area contributed by atoms with E-state index in [1.807, 2.05) is 6.07 Å². The van der Waals surface area contributed by atoms with E-state index in [0.717, 1.165) is 44.6 Å². The number of rotatable bonds is 6. The Morgan fingerprint density at radius 3 is 1.40 bits per heavy atom. The van der Waals surface area contributed by atoms with Crippen molar-refractivity contribution in [1.29, 1.82) is 0 Å². The predicted molar refractivity (Wildman–Crippen MR) is 261 cm³/mol. The fourth-order valence-corrected chi connectivity index (χ4v) is 10.9. The van der Waals surface area contributed by atoms with Crippen LogP contribution in [0.3, 0.4) is 0 Å². The van der Waals surface area contributed by atoms with Crippen LogP contribution in [0.15, 0.2) is 241 Å². The third-order valence-corrected chi connectivity index (χ3v) is 13.5. The first-order valence-corrected chi connectivity index (χ1v) is 21.8. The van der Waals surface area contributed by atoms with Gasteiger partial charge < -0.3 is 9.32 Å². The summed E-state index contributed by atoms with van der Waals surface area (Å²) in [5.41, 5.74) is 22.1. The quantitative estimate of drug-likeness (QED) is 0.167. The van der Waals surface area contributed by atoms with E-state index in [1.165, 1.54) is 72.3 Å². The van der Waals surface area contributed by atoms with Crippen LogP contribution in [0.5, 0.6) is 0 Å². The zero-order valence-electron chi connectivity index (χ0n) is 34.4. The Kier molecular flexibility index (Phi) is 7.85. The van der Waals surface area contributed by atoms with Gasteiger partial charge in [-0.1, -0.05) is 194 Å². The van der Waals surface area contributed by atoms with E-state index in [1.54, 1.807) is 0 Å². The van der Waals surface area contributed by atoms with Crippen LogP contribution in [0.4, 0.5) is 17.1 Å². The molecular weight excluding hydrogens is 763 g/mol. The summed E-state index contributed by atoms with van der Waals surface area (Å²) in [6.07, 6.45) is 0.